The Morgan fingerprint density at radius 1 is 1.29 bits per heavy atom. The maximum absolute atomic E-state index is 4.62. The normalized spacial score (nSPS) is 20.2. The van der Waals surface area contributed by atoms with Gasteiger partial charge in [0.1, 0.15) is 5.82 Å². The van der Waals surface area contributed by atoms with Gasteiger partial charge in [-0.15, -0.1) is 0 Å². The number of likely N-dealkylation sites (tertiary alicyclic amines) is 1. The summed E-state index contributed by atoms with van der Waals surface area (Å²) in [5, 5.41) is 3.63. The Bertz CT molecular complexity index is 589. The maximum Gasteiger partial charge on any atom is 0.106 e. The molecule has 0 spiro atoms. The topological polar surface area (TPSA) is 33.1 Å². The van der Waals surface area contributed by atoms with E-state index in [1.807, 2.05) is 0 Å². The molecule has 0 amide bonds. The van der Waals surface area contributed by atoms with E-state index in [4.69, 9.17) is 0 Å². The van der Waals surface area contributed by atoms with E-state index in [0.717, 1.165) is 31.0 Å². The van der Waals surface area contributed by atoms with Gasteiger partial charge in [-0.05, 0) is 45.5 Å². The Hall–Kier alpha value is -1.39. The molecular formula is C17H26N4. The molecular weight excluding hydrogens is 260 g/mol. The zero-order valence-corrected chi connectivity index (χ0v) is 13.2. The van der Waals surface area contributed by atoms with Crippen molar-refractivity contribution in [3.63, 3.8) is 0 Å². The molecule has 21 heavy (non-hydrogen) atoms. The van der Waals surface area contributed by atoms with Crippen molar-refractivity contribution >= 4 is 11.0 Å². The van der Waals surface area contributed by atoms with Crippen LogP contribution >= 0.6 is 0 Å². The Morgan fingerprint density at radius 2 is 2.14 bits per heavy atom. The molecule has 0 bridgehead atoms. The van der Waals surface area contributed by atoms with Crippen molar-refractivity contribution in [3.8, 4) is 0 Å². The number of fused-ring (bicyclic) bond motifs is 1. The number of piperidine rings is 1. The number of hydrogen-bond acceptors (Lipinski definition) is 3. The molecule has 1 aromatic carbocycles. The van der Waals surface area contributed by atoms with E-state index in [-0.39, 0.29) is 0 Å². The summed E-state index contributed by atoms with van der Waals surface area (Å²) in [6, 6.07) is 9.09. The van der Waals surface area contributed by atoms with Crippen LogP contribution in [-0.2, 0) is 6.54 Å². The standard InChI is InChI=1S/C17H26N4/c1-14-19-16-8-3-4-9-17(16)21(14)12-10-18-13-15-7-5-6-11-20(15)2/h3-4,8-9,15,18H,5-7,10-13H2,1-2H3. The van der Waals surface area contributed by atoms with E-state index in [0.29, 0.717) is 6.04 Å². The van der Waals surface area contributed by atoms with Crippen molar-refractivity contribution < 1.29 is 0 Å². The highest BCUT2D eigenvalue weighted by molar-refractivity contribution is 5.75. The Kier molecular flexibility index (Phi) is 4.56. The van der Waals surface area contributed by atoms with Crippen molar-refractivity contribution in [1.82, 2.24) is 19.8 Å². The third-order valence-corrected chi connectivity index (χ3v) is 4.66. The number of hydrogen-bond donors (Lipinski definition) is 1. The van der Waals surface area contributed by atoms with Crippen LogP contribution < -0.4 is 5.32 Å². The number of nitrogens with one attached hydrogen (secondary N) is 1. The van der Waals surface area contributed by atoms with Crippen molar-refractivity contribution in [3.05, 3.63) is 30.1 Å². The molecule has 1 N–H and O–H groups in total. The Morgan fingerprint density at radius 3 is 3.00 bits per heavy atom. The highest BCUT2D eigenvalue weighted by atomic mass is 15.2. The molecule has 1 fully saturated rings. The molecule has 0 saturated carbocycles. The quantitative estimate of drug-likeness (QED) is 0.857. The molecule has 2 aromatic rings. The number of rotatable bonds is 5. The van der Waals surface area contributed by atoms with Crippen molar-refractivity contribution in [2.24, 2.45) is 0 Å². The van der Waals surface area contributed by atoms with Gasteiger partial charge < -0.3 is 14.8 Å². The molecule has 1 aromatic heterocycles. The van der Waals surface area contributed by atoms with Gasteiger partial charge in [0.25, 0.3) is 0 Å². The van der Waals surface area contributed by atoms with Crippen molar-refractivity contribution in [2.75, 3.05) is 26.7 Å². The largest absolute Gasteiger partial charge is 0.327 e. The van der Waals surface area contributed by atoms with Gasteiger partial charge >= 0.3 is 0 Å². The molecule has 0 radical (unpaired) electrons. The van der Waals surface area contributed by atoms with E-state index >= 15 is 0 Å². The summed E-state index contributed by atoms with van der Waals surface area (Å²) >= 11 is 0. The molecule has 1 unspecified atom stereocenters. The average molecular weight is 286 g/mol. The zero-order chi connectivity index (χ0) is 14.7. The van der Waals surface area contributed by atoms with E-state index in [1.54, 1.807) is 0 Å². The Balaban J connectivity index is 1.54. The molecule has 1 atom stereocenters. The highest BCUT2D eigenvalue weighted by Gasteiger charge is 2.17. The molecule has 2 heterocycles. The van der Waals surface area contributed by atoms with E-state index in [1.165, 1.54) is 31.3 Å². The van der Waals surface area contributed by atoms with Gasteiger partial charge in [-0.25, -0.2) is 4.98 Å². The second-order valence-corrected chi connectivity index (χ2v) is 6.13. The first-order valence-electron chi connectivity index (χ1n) is 8.08. The summed E-state index contributed by atoms with van der Waals surface area (Å²) < 4.78 is 2.31. The SMILES string of the molecule is Cc1nc2ccccc2n1CCNCC1CCCCN1C. The van der Waals surface area contributed by atoms with Crippen LogP contribution in [0.5, 0.6) is 0 Å². The molecule has 3 rings (SSSR count). The van der Waals surface area contributed by atoms with Gasteiger partial charge in [-0.3, -0.25) is 0 Å². The summed E-state index contributed by atoms with van der Waals surface area (Å²) in [4.78, 5) is 7.12. The van der Waals surface area contributed by atoms with Crippen LogP contribution in [0.3, 0.4) is 0 Å². The van der Waals surface area contributed by atoms with Gasteiger partial charge in [0.05, 0.1) is 11.0 Å². The minimum absolute atomic E-state index is 0.708. The second-order valence-electron chi connectivity index (χ2n) is 6.13. The first-order valence-corrected chi connectivity index (χ1v) is 8.08. The minimum atomic E-state index is 0.708. The lowest BCUT2D eigenvalue weighted by atomic mass is 10.0. The summed E-state index contributed by atoms with van der Waals surface area (Å²) in [5.41, 5.74) is 2.34. The van der Waals surface area contributed by atoms with Gasteiger partial charge in [-0.2, -0.15) is 0 Å². The lowest BCUT2D eigenvalue weighted by Crippen LogP contribution is -2.43. The third kappa shape index (κ3) is 3.27. The van der Waals surface area contributed by atoms with Crippen molar-refractivity contribution in [1.29, 1.82) is 0 Å². The summed E-state index contributed by atoms with van der Waals surface area (Å²) in [5.74, 6) is 1.10. The lowest BCUT2D eigenvalue weighted by molar-refractivity contribution is 0.181. The summed E-state index contributed by atoms with van der Waals surface area (Å²) in [6.45, 7) is 6.43. The smallest absolute Gasteiger partial charge is 0.106 e. The molecule has 4 heteroatoms. The molecule has 4 nitrogen and oxygen atoms in total. The van der Waals surface area contributed by atoms with Crippen LogP contribution in [0.15, 0.2) is 24.3 Å². The fraction of sp³-hybridized carbons (Fsp3) is 0.588. The van der Waals surface area contributed by atoms with Crippen LogP contribution in [-0.4, -0.2) is 47.2 Å². The molecule has 1 aliphatic rings. The highest BCUT2D eigenvalue weighted by Crippen LogP contribution is 2.15. The van der Waals surface area contributed by atoms with E-state index in [2.05, 4.69) is 58.0 Å². The van der Waals surface area contributed by atoms with Crippen LogP contribution in [0.4, 0.5) is 0 Å². The van der Waals surface area contributed by atoms with E-state index in [9.17, 15) is 0 Å². The molecule has 1 saturated heterocycles. The monoisotopic (exact) mass is 286 g/mol. The molecule has 1 aliphatic heterocycles. The molecule has 0 aliphatic carbocycles. The van der Waals surface area contributed by atoms with Crippen LogP contribution in [0.2, 0.25) is 0 Å². The van der Waals surface area contributed by atoms with Crippen LogP contribution in [0, 0.1) is 6.92 Å². The number of aromatic nitrogens is 2. The molecule has 114 valence electrons. The third-order valence-electron chi connectivity index (χ3n) is 4.66. The lowest BCUT2D eigenvalue weighted by Gasteiger charge is -2.32. The maximum atomic E-state index is 4.62. The summed E-state index contributed by atoms with van der Waals surface area (Å²) in [6.07, 6.45) is 4.06. The predicted molar refractivity (Wildman–Crippen MR) is 87.6 cm³/mol. The number of likely N-dealkylation sites (N-methyl/N-ethyl adjacent to an activating group) is 1. The number of imidazole rings is 1. The number of nitrogens with zero attached hydrogens (tertiary/aromatic N) is 3. The first kappa shape index (κ1) is 14.5. The van der Waals surface area contributed by atoms with Gasteiger partial charge in [0.2, 0.25) is 0 Å². The average Bonchev–Trinajstić information content (AvgIpc) is 2.81. The predicted octanol–water partition coefficient (Wildman–Crippen LogP) is 2.42. The number of aryl methyl sites for hydroxylation is 1. The van der Waals surface area contributed by atoms with Gasteiger partial charge in [-0.1, -0.05) is 18.6 Å². The minimum Gasteiger partial charge on any atom is -0.327 e. The Labute approximate surface area is 127 Å². The van der Waals surface area contributed by atoms with E-state index < -0.39 is 0 Å². The van der Waals surface area contributed by atoms with Gasteiger partial charge in [0, 0.05) is 25.7 Å². The first-order chi connectivity index (χ1) is 10.3. The van der Waals surface area contributed by atoms with Crippen molar-refractivity contribution in [2.45, 2.75) is 38.8 Å². The second kappa shape index (κ2) is 6.58. The number of benzene rings is 1. The fourth-order valence-corrected chi connectivity index (χ4v) is 3.34. The van der Waals surface area contributed by atoms with Gasteiger partial charge in [0.15, 0.2) is 0 Å². The number of para-hydroxylation sites is 2. The van der Waals surface area contributed by atoms with Crippen LogP contribution in [0.25, 0.3) is 11.0 Å². The fourth-order valence-electron chi connectivity index (χ4n) is 3.34. The summed E-state index contributed by atoms with van der Waals surface area (Å²) in [7, 11) is 2.25. The zero-order valence-electron chi connectivity index (χ0n) is 13.2. The van der Waals surface area contributed by atoms with Crippen LogP contribution in [0.1, 0.15) is 25.1 Å².